The highest BCUT2D eigenvalue weighted by Gasteiger charge is 2.30. The number of aliphatic hydroxyl groups excluding tert-OH is 1. The molecule has 0 aromatic carbocycles. The fourth-order valence-corrected chi connectivity index (χ4v) is 11.0. The Kier molecular flexibility index (Phi) is 56.7. The van der Waals surface area contributed by atoms with E-state index in [1.807, 2.05) is 0 Å². The maximum Gasteiger partial charge on any atom is 0.472 e. The predicted molar refractivity (Wildman–Crippen MR) is 326 cm³/mol. The van der Waals surface area contributed by atoms with Crippen molar-refractivity contribution in [1.29, 1.82) is 0 Å². The van der Waals surface area contributed by atoms with Crippen LogP contribution in [0.2, 0.25) is 0 Å². The molecule has 0 aliphatic rings. The Labute approximate surface area is 498 Å². The van der Waals surface area contributed by atoms with E-state index in [0.29, 0.717) is 25.7 Å². The number of phosphoric ester groups is 2. The molecule has 17 nitrogen and oxygen atoms in total. The first-order valence-corrected chi connectivity index (χ1v) is 36.3. The van der Waals surface area contributed by atoms with Crippen LogP contribution in [0.3, 0.4) is 0 Å². The van der Waals surface area contributed by atoms with Crippen LogP contribution in [0.15, 0.2) is 0 Å². The topological polar surface area (TPSA) is 237 Å². The largest absolute Gasteiger partial charge is 0.472 e. The van der Waals surface area contributed by atoms with Crippen LogP contribution < -0.4 is 0 Å². The minimum atomic E-state index is -4.94. The third-order valence-electron chi connectivity index (χ3n) is 14.6. The quantitative estimate of drug-likeness (QED) is 0.0222. The minimum Gasteiger partial charge on any atom is -0.462 e. The second-order valence-corrected chi connectivity index (χ2v) is 25.7. The summed E-state index contributed by atoms with van der Waals surface area (Å²) in [6.45, 7) is 4.83. The first-order valence-electron chi connectivity index (χ1n) is 33.3. The van der Waals surface area contributed by atoms with Gasteiger partial charge in [-0.2, -0.15) is 0 Å². The number of hydrogen-bond donors (Lipinski definition) is 3. The molecule has 0 aliphatic heterocycles. The van der Waals surface area contributed by atoms with E-state index in [-0.39, 0.29) is 25.7 Å². The molecule has 0 saturated carbocycles. The molecule has 0 spiro atoms. The van der Waals surface area contributed by atoms with Crippen molar-refractivity contribution in [3.8, 4) is 0 Å². The van der Waals surface area contributed by atoms with Crippen LogP contribution in [-0.2, 0) is 65.4 Å². The summed E-state index contributed by atoms with van der Waals surface area (Å²) >= 11 is 0. The zero-order valence-corrected chi connectivity index (χ0v) is 54.2. The SMILES string of the molecule is CCCCCCCCCCCCCCCCCCC(=O)O[C@H](COC(=O)CCCCCCCCCCCC)COP(=O)(O)OC[C@@H](O)COP(=O)(O)OC[C@@H](COC(=O)CCCCCCCCCC)OC(=O)CCCCCCCCCC. The molecule has 5 atom stereocenters. The van der Waals surface area contributed by atoms with E-state index in [1.54, 1.807) is 0 Å². The number of ether oxygens (including phenoxy) is 4. The van der Waals surface area contributed by atoms with Gasteiger partial charge >= 0.3 is 39.5 Å². The van der Waals surface area contributed by atoms with Crippen LogP contribution in [0.4, 0.5) is 0 Å². The van der Waals surface area contributed by atoms with Gasteiger partial charge in [-0.15, -0.1) is 0 Å². The van der Waals surface area contributed by atoms with Crippen LogP contribution in [0.5, 0.6) is 0 Å². The van der Waals surface area contributed by atoms with Crippen LogP contribution in [0, 0.1) is 0 Å². The van der Waals surface area contributed by atoms with E-state index in [2.05, 4.69) is 27.7 Å². The Morgan fingerprint density at radius 3 is 0.720 bits per heavy atom. The number of phosphoric acid groups is 2. The van der Waals surface area contributed by atoms with Gasteiger partial charge in [0.1, 0.15) is 19.3 Å². The second-order valence-electron chi connectivity index (χ2n) is 22.8. The van der Waals surface area contributed by atoms with Crippen molar-refractivity contribution in [3.05, 3.63) is 0 Å². The van der Waals surface area contributed by atoms with Gasteiger partial charge in [-0.1, -0.05) is 272 Å². The van der Waals surface area contributed by atoms with Gasteiger partial charge < -0.3 is 33.8 Å². The molecule has 19 heteroatoms. The second kappa shape index (κ2) is 58.1. The molecule has 486 valence electrons. The normalized spacial score (nSPS) is 14.2. The highest BCUT2D eigenvalue weighted by molar-refractivity contribution is 7.47. The van der Waals surface area contributed by atoms with Gasteiger partial charge in [-0.3, -0.25) is 37.3 Å². The average molecular weight is 1210 g/mol. The lowest BCUT2D eigenvalue weighted by Gasteiger charge is -2.21. The smallest absolute Gasteiger partial charge is 0.462 e. The van der Waals surface area contributed by atoms with Crippen LogP contribution in [0.1, 0.15) is 323 Å². The molecule has 82 heavy (non-hydrogen) atoms. The zero-order valence-electron chi connectivity index (χ0n) is 52.5. The van der Waals surface area contributed by atoms with E-state index >= 15 is 0 Å². The highest BCUT2D eigenvalue weighted by Crippen LogP contribution is 2.45. The standard InChI is InChI=1S/C63H122O17P2/c1-5-9-13-17-21-25-27-28-29-30-31-32-34-38-42-46-50-63(68)80-59(54-74-61(66)48-44-40-37-33-26-22-18-14-10-6-2)56-78-82(71,72)76-52-57(64)51-75-81(69,70)77-55-58(79-62(67)49-45-41-36-24-20-16-12-8-4)53-73-60(65)47-43-39-35-23-19-15-11-7-3/h57-59,64H,5-56H2,1-4H3,(H,69,70)(H,71,72)/t57-,58+,59+/m0/s1. The summed E-state index contributed by atoms with van der Waals surface area (Å²) < 4.78 is 67.8. The van der Waals surface area contributed by atoms with E-state index in [1.165, 1.54) is 141 Å². The van der Waals surface area contributed by atoms with E-state index in [0.717, 1.165) is 103 Å². The molecular formula is C63H122O17P2. The first kappa shape index (κ1) is 80.1. The Hall–Kier alpha value is -1.94. The van der Waals surface area contributed by atoms with Crippen molar-refractivity contribution in [3.63, 3.8) is 0 Å². The third-order valence-corrected chi connectivity index (χ3v) is 16.5. The van der Waals surface area contributed by atoms with Crippen LogP contribution in [0.25, 0.3) is 0 Å². The fourth-order valence-electron chi connectivity index (χ4n) is 9.46. The van der Waals surface area contributed by atoms with Gasteiger partial charge in [-0.05, 0) is 25.7 Å². The summed E-state index contributed by atoms with van der Waals surface area (Å²) in [5.41, 5.74) is 0. The molecule has 0 aliphatic carbocycles. The van der Waals surface area contributed by atoms with E-state index < -0.39 is 97.5 Å². The number of carbonyl (C=O) groups is 4. The lowest BCUT2D eigenvalue weighted by atomic mass is 10.0. The average Bonchev–Trinajstić information content (AvgIpc) is 3.45. The maximum absolute atomic E-state index is 13.0. The maximum atomic E-state index is 13.0. The summed E-state index contributed by atoms with van der Waals surface area (Å²) in [7, 11) is -9.87. The van der Waals surface area contributed by atoms with Crippen molar-refractivity contribution in [1.82, 2.24) is 0 Å². The summed E-state index contributed by atoms with van der Waals surface area (Å²) in [5.74, 6) is -2.14. The summed E-state index contributed by atoms with van der Waals surface area (Å²) in [6, 6.07) is 0. The Morgan fingerprint density at radius 1 is 0.293 bits per heavy atom. The Morgan fingerprint density at radius 2 is 0.488 bits per heavy atom. The van der Waals surface area contributed by atoms with Gasteiger partial charge in [0, 0.05) is 25.7 Å². The van der Waals surface area contributed by atoms with Gasteiger partial charge in [-0.25, -0.2) is 9.13 Å². The lowest BCUT2D eigenvalue weighted by molar-refractivity contribution is -0.161. The zero-order chi connectivity index (χ0) is 60.5. The molecule has 0 heterocycles. The van der Waals surface area contributed by atoms with Gasteiger partial charge in [0.15, 0.2) is 12.2 Å². The Bertz CT molecular complexity index is 1590. The molecule has 0 bridgehead atoms. The molecule has 2 unspecified atom stereocenters. The summed E-state index contributed by atoms with van der Waals surface area (Å²) in [4.78, 5) is 72.0. The molecule has 0 saturated heterocycles. The van der Waals surface area contributed by atoms with Crippen LogP contribution in [-0.4, -0.2) is 96.7 Å². The molecule has 0 amide bonds. The van der Waals surface area contributed by atoms with Crippen LogP contribution >= 0.6 is 15.6 Å². The number of unbranched alkanes of at least 4 members (excludes halogenated alkanes) is 38. The van der Waals surface area contributed by atoms with Gasteiger partial charge in [0.2, 0.25) is 0 Å². The third kappa shape index (κ3) is 57.2. The van der Waals surface area contributed by atoms with Gasteiger partial charge in [0.05, 0.1) is 26.4 Å². The molecule has 3 N–H and O–H groups in total. The Balaban J connectivity index is 5.17. The molecule has 0 radical (unpaired) electrons. The highest BCUT2D eigenvalue weighted by atomic mass is 31.2. The van der Waals surface area contributed by atoms with Crippen molar-refractivity contribution in [2.45, 2.75) is 341 Å². The molecule has 0 fully saturated rings. The van der Waals surface area contributed by atoms with Crippen molar-refractivity contribution < 1.29 is 80.2 Å². The monoisotopic (exact) mass is 1210 g/mol. The summed E-state index contributed by atoms with van der Waals surface area (Å²) in [6.07, 6.45) is 43.1. The molecule has 0 aromatic heterocycles. The van der Waals surface area contributed by atoms with Crippen molar-refractivity contribution in [2.75, 3.05) is 39.6 Å². The molecule has 0 rings (SSSR count). The molecule has 0 aromatic rings. The number of hydrogen-bond acceptors (Lipinski definition) is 15. The summed E-state index contributed by atoms with van der Waals surface area (Å²) in [5, 5.41) is 10.5. The fraction of sp³-hybridized carbons (Fsp3) is 0.937. The van der Waals surface area contributed by atoms with Gasteiger partial charge in [0.25, 0.3) is 0 Å². The number of carbonyl (C=O) groups excluding carboxylic acids is 4. The van der Waals surface area contributed by atoms with E-state index in [4.69, 9.17) is 37.0 Å². The minimum absolute atomic E-state index is 0.105. The molecular weight excluding hydrogens is 1090 g/mol. The van der Waals surface area contributed by atoms with Crippen molar-refractivity contribution in [2.24, 2.45) is 0 Å². The number of rotatable bonds is 64. The predicted octanol–water partition coefficient (Wildman–Crippen LogP) is 17.5. The van der Waals surface area contributed by atoms with Crippen molar-refractivity contribution >= 4 is 39.5 Å². The number of aliphatic hydroxyl groups is 1. The van der Waals surface area contributed by atoms with E-state index in [9.17, 15) is 43.2 Å². The number of esters is 4. The lowest BCUT2D eigenvalue weighted by Crippen LogP contribution is -2.30. The first-order chi connectivity index (χ1) is 39.7.